The maximum atomic E-state index is 11.2. The van der Waals surface area contributed by atoms with Crippen LogP contribution < -0.4 is 9.47 Å². The number of carbonyl (C=O) groups excluding carboxylic acids is 1. The van der Waals surface area contributed by atoms with Crippen LogP contribution in [0.3, 0.4) is 0 Å². The molecule has 3 rings (SSSR count). The second-order valence-corrected chi connectivity index (χ2v) is 7.04. The van der Waals surface area contributed by atoms with Gasteiger partial charge in [0.1, 0.15) is 30.5 Å². The summed E-state index contributed by atoms with van der Waals surface area (Å²) in [5.74, 6) is 1.97. The van der Waals surface area contributed by atoms with E-state index < -0.39 is 5.97 Å². The first kappa shape index (κ1) is 23.3. The molecule has 0 aromatic heterocycles. The second-order valence-electron chi connectivity index (χ2n) is 7.04. The van der Waals surface area contributed by atoms with Crippen molar-refractivity contribution in [3.05, 3.63) is 78.9 Å². The minimum absolute atomic E-state index is 0.202. The van der Waals surface area contributed by atoms with Crippen LogP contribution in [0.25, 0.3) is 10.8 Å². The molecule has 0 fully saturated rings. The Balaban J connectivity index is 1.36. The molecule has 6 nitrogen and oxygen atoms in total. The Morgan fingerprint density at radius 2 is 1.50 bits per heavy atom. The molecule has 0 aliphatic rings. The highest BCUT2D eigenvalue weighted by atomic mass is 16.6. The van der Waals surface area contributed by atoms with Crippen molar-refractivity contribution in [3.63, 3.8) is 0 Å². The predicted molar refractivity (Wildman–Crippen MR) is 123 cm³/mol. The third-order valence-electron chi connectivity index (χ3n) is 4.46. The quantitative estimate of drug-likeness (QED) is 0.209. The summed E-state index contributed by atoms with van der Waals surface area (Å²) in [5, 5.41) is 2.05. The van der Waals surface area contributed by atoms with Crippen LogP contribution in [0.1, 0.15) is 6.92 Å². The highest BCUT2D eigenvalue weighted by Crippen LogP contribution is 2.30. The van der Waals surface area contributed by atoms with Crippen molar-refractivity contribution >= 4 is 16.7 Å². The number of hydrogen-bond acceptors (Lipinski definition) is 6. The Bertz CT molecular complexity index is 1020. The van der Waals surface area contributed by atoms with Crippen LogP contribution in [0.15, 0.2) is 78.9 Å². The molecule has 0 unspecified atom stereocenters. The van der Waals surface area contributed by atoms with E-state index in [0.29, 0.717) is 38.6 Å². The molecular formula is C26H28O6. The molecule has 3 aromatic carbocycles. The van der Waals surface area contributed by atoms with Gasteiger partial charge >= 0.3 is 5.97 Å². The van der Waals surface area contributed by atoms with Crippen LogP contribution in [-0.4, -0.2) is 45.6 Å². The Morgan fingerprint density at radius 1 is 0.781 bits per heavy atom. The maximum absolute atomic E-state index is 11.2. The first-order chi connectivity index (χ1) is 15.6. The molecule has 3 aromatic rings. The Hall–Kier alpha value is -3.35. The van der Waals surface area contributed by atoms with Crippen molar-refractivity contribution in [1.29, 1.82) is 0 Å². The Labute approximate surface area is 188 Å². The minimum Gasteiger partial charge on any atom is -0.491 e. The second kappa shape index (κ2) is 12.5. The van der Waals surface area contributed by atoms with Crippen LogP contribution in [0.5, 0.6) is 17.2 Å². The van der Waals surface area contributed by atoms with Gasteiger partial charge in [-0.05, 0) is 48.7 Å². The highest BCUT2D eigenvalue weighted by Gasteiger charge is 2.05. The molecule has 0 N–H and O–H groups in total. The van der Waals surface area contributed by atoms with Crippen LogP contribution in [0.4, 0.5) is 0 Å². The molecule has 168 valence electrons. The van der Waals surface area contributed by atoms with Crippen molar-refractivity contribution < 1.29 is 28.5 Å². The summed E-state index contributed by atoms with van der Waals surface area (Å²) in [6.07, 6.45) is 0. The number of fused-ring (bicyclic) bond motifs is 1. The summed E-state index contributed by atoms with van der Waals surface area (Å²) in [6.45, 7) is 7.38. The maximum Gasteiger partial charge on any atom is 0.333 e. The lowest BCUT2D eigenvalue weighted by atomic mass is 10.1. The van der Waals surface area contributed by atoms with E-state index in [1.165, 1.54) is 0 Å². The molecule has 0 saturated carbocycles. The summed E-state index contributed by atoms with van der Waals surface area (Å²) in [6, 6.07) is 21.5. The van der Waals surface area contributed by atoms with Crippen LogP contribution in [0, 0.1) is 0 Å². The van der Waals surface area contributed by atoms with Crippen molar-refractivity contribution in [2.75, 3.05) is 39.6 Å². The minimum atomic E-state index is -0.407. The molecule has 0 amide bonds. The average molecular weight is 437 g/mol. The Kier molecular flexibility index (Phi) is 9.10. The van der Waals surface area contributed by atoms with Gasteiger partial charge in [0.05, 0.1) is 26.4 Å². The summed E-state index contributed by atoms with van der Waals surface area (Å²) in [5.41, 5.74) is 0.375. The van der Waals surface area contributed by atoms with Gasteiger partial charge in [-0.3, -0.25) is 0 Å². The number of rotatable bonds is 13. The standard InChI is InChI=1S/C26H28O6/c1-20(2)26(27)31-18-16-29-14-13-28-15-17-30-25-10-6-7-21-19-23(11-12-24(21)25)32-22-8-4-3-5-9-22/h3-12,19H,1,13-18H2,2H3. The monoisotopic (exact) mass is 436 g/mol. The molecule has 0 heterocycles. The van der Waals surface area contributed by atoms with Gasteiger partial charge in [0.2, 0.25) is 0 Å². The first-order valence-corrected chi connectivity index (χ1v) is 10.5. The van der Waals surface area contributed by atoms with E-state index in [9.17, 15) is 4.79 Å². The molecule has 0 atom stereocenters. The zero-order valence-corrected chi connectivity index (χ0v) is 18.3. The van der Waals surface area contributed by atoms with Crippen LogP contribution in [-0.2, 0) is 19.0 Å². The molecule has 0 radical (unpaired) electrons. The Morgan fingerprint density at radius 3 is 2.25 bits per heavy atom. The molecular weight excluding hydrogens is 408 g/mol. The fourth-order valence-corrected chi connectivity index (χ4v) is 2.90. The third kappa shape index (κ3) is 7.41. The lowest BCUT2D eigenvalue weighted by Crippen LogP contribution is -2.14. The van der Waals surface area contributed by atoms with Gasteiger partial charge in [-0.15, -0.1) is 0 Å². The largest absolute Gasteiger partial charge is 0.491 e. The van der Waals surface area contributed by atoms with Gasteiger partial charge < -0.3 is 23.7 Å². The number of hydrogen-bond donors (Lipinski definition) is 0. The van der Waals surface area contributed by atoms with E-state index in [4.69, 9.17) is 23.7 Å². The summed E-state index contributed by atoms with van der Waals surface area (Å²) < 4.78 is 27.6. The molecule has 0 bridgehead atoms. The van der Waals surface area contributed by atoms with Gasteiger partial charge in [-0.1, -0.05) is 36.9 Å². The fraction of sp³-hybridized carbons (Fsp3) is 0.269. The van der Waals surface area contributed by atoms with E-state index in [1.54, 1.807) is 6.92 Å². The number of benzene rings is 3. The number of para-hydroxylation sites is 1. The zero-order chi connectivity index (χ0) is 22.6. The summed E-state index contributed by atoms with van der Waals surface area (Å²) in [4.78, 5) is 11.2. The molecule has 32 heavy (non-hydrogen) atoms. The molecule has 0 spiro atoms. The van der Waals surface area contributed by atoms with Gasteiger partial charge in [0.15, 0.2) is 0 Å². The van der Waals surface area contributed by atoms with Gasteiger partial charge in [0, 0.05) is 11.0 Å². The van der Waals surface area contributed by atoms with E-state index in [2.05, 4.69) is 6.58 Å². The molecule has 6 heteroatoms. The number of esters is 1. The van der Waals surface area contributed by atoms with Crippen molar-refractivity contribution in [2.24, 2.45) is 0 Å². The number of carbonyl (C=O) groups is 1. The van der Waals surface area contributed by atoms with Crippen molar-refractivity contribution in [2.45, 2.75) is 6.92 Å². The fourth-order valence-electron chi connectivity index (χ4n) is 2.90. The topological polar surface area (TPSA) is 63.2 Å². The third-order valence-corrected chi connectivity index (χ3v) is 4.46. The molecule has 0 aliphatic carbocycles. The summed E-state index contributed by atoms with van der Waals surface area (Å²) in [7, 11) is 0. The van der Waals surface area contributed by atoms with Crippen molar-refractivity contribution in [1.82, 2.24) is 0 Å². The summed E-state index contributed by atoms with van der Waals surface area (Å²) >= 11 is 0. The SMILES string of the molecule is C=C(C)C(=O)OCCOCCOCCOc1cccc2cc(Oc3ccccc3)ccc12. The first-order valence-electron chi connectivity index (χ1n) is 10.5. The molecule has 0 saturated heterocycles. The molecule has 0 aliphatic heterocycles. The average Bonchev–Trinajstić information content (AvgIpc) is 2.80. The number of ether oxygens (including phenoxy) is 5. The van der Waals surface area contributed by atoms with E-state index in [-0.39, 0.29) is 6.61 Å². The van der Waals surface area contributed by atoms with Crippen molar-refractivity contribution in [3.8, 4) is 17.2 Å². The lowest BCUT2D eigenvalue weighted by Gasteiger charge is -2.11. The highest BCUT2D eigenvalue weighted by molar-refractivity contribution is 5.89. The van der Waals surface area contributed by atoms with E-state index in [0.717, 1.165) is 28.0 Å². The van der Waals surface area contributed by atoms with E-state index >= 15 is 0 Å². The van der Waals surface area contributed by atoms with Gasteiger partial charge in [-0.25, -0.2) is 4.79 Å². The van der Waals surface area contributed by atoms with Gasteiger partial charge in [-0.2, -0.15) is 0 Å². The predicted octanol–water partition coefficient (Wildman–Crippen LogP) is 5.16. The van der Waals surface area contributed by atoms with Crippen LogP contribution >= 0.6 is 0 Å². The lowest BCUT2D eigenvalue weighted by molar-refractivity contribution is -0.140. The van der Waals surface area contributed by atoms with E-state index in [1.807, 2.05) is 66.7 Å². The normalized spacial score (nSPS) is 10.7. The smallest absolute Gasteiger partial charge is 0.333 e. The van der Waals surface area contributed by atoms with Crippen LogP contribution in [0.2, 0.25) is 0 Å². The van der Waals surface area contributed by atoms with Gasteiger partial charge in [0.25, 0.3) is 0 Å². The zero-order valence-electron chi connectivity index (χ0n) is 18.3.